The molecule has 3 N–H and O–H groups in total. The molecule has 0 aliphatic carbocycles. The molecule has 0 radical (unpaired) electrons. The van der Waals surface area contributed by atoms with E-state index < -0.39 is 0 Å². The highest BCUT2D eigenvalue weighted by atomic mass is 79.9. The third-order valence-corrected chi connectivity index (χ3v) is 3.71. The van der Waals surface area contributed by atoms with Crippen molar-refractivity contribution in [1.29, 1.82) is 0 Å². The molecule has 5 nitrogen and oxygen atoms in total. The first-order valence-electron chi connectivity index (χ1n) is 6.98. The Balaban J connectivity index is 2.25. The molecule has 0 spiro atoms. The van der Waals surface area contributed by atoms with Gasteiger partial charge in [-0.3, -0.25) is 4.79 Å². The highest BCUT2D eigenvalue weighted by Crippen LogP contribution is 2.18. The fourth-order valence-electron chi connectivity index (χ4n) is 2.11. The summed E-state index contributed by atoms with van der Waals surface area (Å²) in [5.41, 5.74) is 7.90. The van der Waals surface area contributed by atoms with Crippen molar-refractivity contribution in [2.24, 2.45) is 5.73 Å². The maximum Gasteiger partial charge on any atom is 0.254 e. The molecule has 0 aliphatic rings. The summed E-state index contributed by atoms with van der Waals surface area (Å²) < 4.78 is 2.82. The van der Waals surface area contributed by atoms with Crippen molar-refractivity contribution in [2.45, 2.75) is 19.8 Å². The third-order valence-electron chi connectivity index (χ3n) is 3.19. The Morgan fingerprint density at radius 1 is 1.38 bits per heavy atom. The molecule has 0 aliphatic heterocycles. The Hall–Kier alpha value is -1.66. The summed E-state index contributed by atoms with van der Waals surface area (Å²) in [6, 6.07) is 7.84. The number of hydrogen-bond donors (Lipinski definition) is 2. The molecule has 2 rings (SSSR count). The average molecular weight is 351 g/mol. The number of nitrogens with one attached hydrogen (secondary N) is 1. The minimum absolute atomic E-state index is 0.0938. The van der Waals surface area contributed by atoms with Crippen molar-refractivity contribution >= 4 is 21.8 Å². The van der Waals surface area contributed by atoms with E-state index >= 15 is 0 Å². The first-order valence-corrected chi connectivity index (χ1v) is 7.77. The Bertz CT molecular complexity index is 607. The molecular formula is C15H19BrN4O. The third kappa shape index (κ3) is 3.71. The van der Waals surface area contributed by atoms with Crippen LogP contribution in [0.15, 0.2) is 34.9 Å². The van der Waals surface area contributed by atoms with E-state index in [1.807, 2.05) is 35.9 Å². The van der Waals surface area contributed by atoms with Gasteiger partial charge in [0.25, 0.3) is 5.91 Å². The molecule has 21 heavy (non-hydrogen) atoms. The summed E-state index contributed by atoms with van der Waals surface area (Å²) >= 11 is 3.41. The first-order chi connectivity index (χ1) is 10.2. The van der Waals surface area contributed by atoms with Crippen molar-refractivity contribution in [3.8, 4) is 5.69 Å². The molecular weight excluding hydrogens is 332 g/mol. The monoisotopic (exact) mass is 350 g/mol. The highest BCUT2D eigenvalue weighted by molar-refractivity contribution is 9.10. The van der Waals surface area contributed by atoms with Crippen molar-refractivity contribution in [2.75, 3.05) is 13.1 Å². The lowest BCUT2D eigenvalue weighted by Crippen LogP contribution is -2.26. The van der Waals surface area contributed by atoms with Gasteiger partial charge in [0.15, 0.2) is 0 Å². The van der Waals surface area contributed by atoms with Gasteiger partial charge in [0.2, 0.25) is 0 Å². The SMILES string of the molecule is CCc1c(C(=O)NCCCN)cnn1-c1ccc(Br)cc1. The fraction of sp³-hybridized carbons (Fsp3) is 0.333. The number of hydrogen-bond acceptors (Lipinski definition) is 3. The first kappa shape index (κ1) is 15.7. The van der Waals surface area contributed by atoms with Crippen molar-refractivity contribution in [3.63, 3.8) is 0 Å². The maximum atomic E-state index is 12.2. The van der Waals surface area contributed by atoms with Crippen LogP contribution in [0.25, 0.3) is 5.69 Å². The van der Waals surface area contributed by atoms with E-state index in [0.29, 0.717) is 18.7 Å². The van der Waals surface area contributed by atoms with Gasteiger partial charge in [0.05, 0.1) is 23.1 Å². The van der Waals surface area contributed by atoms with Crippen LogP contribution in [0.1, 0.15) is 29.4 Å². The molecule has 0 saturated carbocycles. The number of aromatic nitrogens is 2. The van der Waals surface area contributed by atoms with Gasteiger partial charge < -0.3 is 11.1 Å². The molecule has 0 saturated heterocycles. The van der Waals surface area contributed by atoms with Gasteiger partial charge in [-0.1, -0.05) is 22.9 Å². The average Bonchev–Trinajstić information content (AvgIpc) is 2.92. The van der Waals surface area contributed by atoms with E-state index in [9.17, 15) is 4.79 Å². The van der Waals surface area contributed by atoms with Gasteiger partial charge in [-0.25, -0.2) is 4.68 Å². The van der Waals surface area contributed by atoms with E-state index in [-0.39, 0.29) is 5.91 Å². The van der Waals surface area contributed by atoms with Crippen LogP contribution in [0.4, 0.5) is 0 Å². The van der Waals surface area contributed by atoms with Crippen LogP contribution in [-0.2, 0) is 6.42 Å². The fourth-order valence-corrected chi connectivity index (χ4v) is 2.37. The second-order valence-corrected chi connectivity index (χ2v) is 5.56. The molecule has 0 atom stereocenters. The van der Waals surface area contributed by atoms with Gasteiger partial charge in [-0.15, -0.1) is 0 Å². The summed E-state index contributed by atoms with van der Waals surface area (Å²) in [5, 5.41) is 7.22. The van der Waals surface area contributed by atoms with Crippen molar-refractivity contribution < 1.29 is 4.79 Å². The Labute approximate surface area is 132 Å². The number of rotatable bonds is 6. The van der Waals surface area contributed by atoms with Crippen LogP contribution < -0.4 is 11.1 Å². The van der Waals surface area contributed by atoms with Gasteiger partial charge in [-0.2, -0.15) is 5.10 Å². The predicted octanol–water partition coefficient (Wildman–Crippen LogP) is 2.28. The zero-order chi connectivity index (χ0) is 15.2. The van der Waals surface area contributed by atoms with Crippen LogP contribution in [0.3, 0.4) is 0 Å². The van der Waals surface area contributed by atoms with E-state index in [0.717, 1.165) is 28.7 Å². The highest BCUT2D eigenvalue weighted by Gasteiger charge is 2.16. The number of benzene rings is 1. The molecule has 6 heteroatoms. The summed E-state index contributed by atoms with van der Waals surface area (Å²) in [5.74, 6) is -0.0938. The molecule has 0 unspecified atom stereocenters. The zero-order valence-corrected chi connectivity index (χ0v) is 13.6. The lowest BCUT2D eigenvalue weighted by atomic mass is 10.2. The summed E-state index contributed by atoms with van der Waals surface area (Å²) in [6.07, 6.45) is 3.13. The summed E-state index contributed by atoms with van der Waals surface area (Å²) in [6.45, 7) is 3.17. The number of carbonyl (C=O) groups excluding carboxylic acids is 1. The second-order valence-electron chi connectivity index (χ2n) is 4.64. The van der Waals surface area contributed by atoms with Crippen LogP contribution in [-0.4, -0.2) is 28.8 Å². The van der Waals surface area contributed by atoms with Gasteiger partial charge in [-0.05, 0) is 43.7 Å². The number of carbonyl (C=O) groups is 1. The lowest BCUT2D eigenvalue weighted by molar-refractivity contribution is 0.0952. The summed E-state index contributed by atoms with van der Waals surface area (Å²) in [4.78, 5) is 12.2. The topological polar surface area (TPSA) is 72.9 Å². The van der Waals surface area contributed by atoms with E-state index in [2.05, 4.69) is 26.3 Å². The minimum Gasteiger partial charge on any atom is -0.352 e. The number of nitrogens with two attached hydrogens (primary N) is 1. The smallest absolute Gasteiger partial charge is 0.254 e. The van der Waals surface area contributed by atoms with E-state index in [1.54, 1.807) is 6.20 Å². The van der Waals surface area contributed by atoms with Crippen molar-refractivity contribution in [1.82, 2.24) is 15.1 Å². The predicted molar refractivity (Wildman–Crippen MR) is 86.6 cm³/mol. The minimum atomic E-state index is -0.0938. The van der Waals surface area contributed by atoms with E-state index in [4.69, 9.17) is 5.73 Å². The largest absolute Gasteiger partial charge is 0.352 e. The van der Waals surface area contributed by atoms with Crippen molar-refractivity contribution in [3.05, 3.63) is 46.2 Å². The molecule has 0 fully saturated rings. The molecule has 1 aromatic heterocycles. The number of amides is 1. The molecule has 1 amide bonds. The maximum absolute atomic E-state index is 12.2. The molecule has 0 bridgehead atoms. The van der Waals surface area contributed by atoms with Gasteiger partial charge in [0, 0.05) is 11.0 Å². The molecule has 112 valence electrons. The van der Waals surface area contributed by atoms with Gasteiger partial charge >= 0.3 is 0 Å². The Morgan fingerprint density at radius 3 is 2.71 bits per heavy atom. The van der Waals surface area contributed by atoms with Gasteiger partial charge in [0.1, 0.15) is 0 Å². The second kappa shape index (κ2) is 7.38. The van der Waals surface area contributed by atoms with Crippen LogP contribution in [0.2, 0.25) is 0 Å². The van der Waals surface area contributed by atoms with Crippen LogP contribution in [0.5, 0.6) is 0 Å². The number of nitrogens with zero attached hydrogens (tertiary/aromatic N) is 2. The number of halogens is 1. The lowest BCUT2D eigenvalue weighted by Gasteiger charge is -2.08. The molecule has 1 aromatic carbocycles. The quantitative estimate of drug-likeness (QED) is 0.785. The zero-order valence-electron chi connectivity index (χ0n) is 12.0. The molecule has 2 aromatic rings. The summed E-state index contributed by atoms with van der Waals surface area (Å²) in [7, 11) is 0. The Morgan fingerprint density at radius 2 is 2.10 bits per heavy atom. The van der Waals surface area contributed by atoms with E-state index in [1.165, 1.54) is 0 Å². The van der Waals surface area contributed by atoms with Crippen LogP contribution >= 0.6 is 15.9 Å². The standard InChI is InChI=1S/C15H19BrN4O/c1-2-14-13(15(21)18-9-3-8-17)10-19-20(14)12-6-4-11(16)5-7-12/h4-7,10H,2-3,8-9,17H2,1H3,(H,18,21). The normalized spacial score (nSPS) is 10.6. The van der Waals surface area contributed by atoms with Crippen LogP contribution in [0, 0.1) is 0 Å². The Kier molecular flexibility index (Phi) is 5.52. The molecule has 1 heterocycles.